The lowest BCUT2D eigenvalue weighted by atomic mass is 9.95. The first-order valence-corrected chi connectivity index (χ1v) is 14.2. The molecule has 2 saturated heterocycles. The maximum Gasteiger partial charge on any atom is 0.305 e. The van der Waals surface area contributed by atoms with Crippen molar-refractivity contribution in [2.45, 2.75) is 111 Å². The Morgan fingerprint density at radius 3 is 1.95 bits per heavy atom. The molecule has 240 valence electrons. The Balaban J connectivity index is 2.28. The van der Waals surface area contributed by atoms with Crippen LogP contribution in [0.25, 0.3) is 0 Å². The van der Waals surface area contributed by atoms with Crippen molar-refractivity contribution in [2.75, 3.05) is 26.4 Å². The Morgan fingerprint density at radius 1 is 0.857 bits per heavy atom. The van der Waals surface area contributed by atoms with E-state index >= 15 is 0 Å². The van der Waals surface area contributed by atoms with Crippen molar-refractivity contribution in [1.82, 2.24) is 10.6 Å². The molecular weight excluding hydrogens is 556 g/mol. The molecule has 2 aliphatic heterocycles. The molecule has 2 heterocycles. The number of esters is 4. The van der Waals surface area contributed by atoms with Crippen molar-refractivity contribution in [2.24, 2.45) is 11.3 Å². The second-order valence-electron chi connectivity index (χ2n) is 11.8. The number of rotatable bonds is 13. The molecule has 0 aromatic heterocycles. The molecule has 2 unspecified atom stereocenters. The zero-order chi connectivity index (χ0) is 31.6. The highest BCUT2D eigenvalue weighted by Crippen LogP contribution is 2.28. The molecule has 42 heavy (non-hydrogen) atoms. The van der Waals surface area contributed by atoms with Gasteiger partial charge in [-0.25, -0.2) is 0 Å². The Morgan fingerprint density at radius 2 is 1.43 bits per heavy atom. The molecule has 2 rings (SSSR count). The molecule has 14 nitrogen and oxygen atoms in total. The highest BCUT2D eigenvalue weighted by molar-refractivity contribution is 5.82. The first-order chi connectivity index (χ1) is 19.6. The zero-order valence-corrected chi connectivity index (χ0v) is 25.8. The molecule has 2 fully saturated rings. The van der Waals surface area contributed by atoms with Crippen molar-refractivity contribution in [1.29, 1.82) is 0 Å². The van der Waals surface area contributed by atoms with E-state index in [0.29, 0.717) is 32.6 Å². The molecular formula is C28H46N2O12. The molecule has 0 aromatic carbocycles. The van der Waals surface area contributed by atoms with Gasteiger partial charge in [-0.05, 0) is 12.3 Å². The van der Waals surface area contributed by atoms with Crippen molar-refractivity contribution >= 4 is 29.8 Å². The summed E-state index contributed by atoms with van der Waals surface area (Å²) in [7, 11) is 0. The van der Waals surface area contributed by atoms with Crippen LogP contribution < -0.4 is 10.6 Å². The number of amides is 1. The molecule has 2 N–H and O–H groups in total. The fourth-order valence-electron chi connectivity index (χ4n) is 4.61. The van der Waals surface area contributed by atoms with Gasteiger partial charge in [0.2, 0.25) is 12.2 Å². The molecule has 0 spiro atoms. The van der Waals surface area contributed by atoms with Crippen LogP contribution in [0.3, 0.4) is 0 Å². The SMILES string of the molecule is CC(=O)OCC1OC(OC(C)=O)[C@H](NC(=O)[C@H](CC(C)C)NCCC2OCC(C)(C)CO2)[C@@H](OC(C)=O)[C@@H]1OC(C)=O. The normalized spacial score (nSPS) is 26.5. The molecule has 0 radical (unpaired) electrons. The third-order valence-corrected chi connectivity index (χ3v) is 6.41. The quantitative estimate of drug-likeness (QED) is 0.226. The average Bonchev–Trinajstić information content (AvgIpc) is 2.85. The van der Waals surface area contributed by atoms with Gasteiger partial charge in [-0.1, -0.05) is 27.7 Å². The van der Waals surface area contributed by atoms with Crippen LogP contribution in [0.5, 0.6) is 0 Å². The van der Waals surface area contributed by atoms with Crippen molar-refractivity contribution < 1.29 is 57.1 Å². The molecule has 2 aliphatic rings. The van der Waals surface area contributed by atoms with Gasteiger partial charge in [0, 0.05) is 46.1 Å². The van der Waals surface area contributed by atoms with Crippen molar-refractivity contribution in [3.8, 4) is 0 Å². The summed E-state index contributed by atoms with van der Waals surface area (Å²) in [5.41, 5.74) is -0.0653. The predicted molar refractivity (Wildman–Crippen MR) is 145 cm³/mol. The highest BCUT2D eigenvalue weighted by atomic mass is 16.7. The van der Waals surface area contributed by atoms with Gasteiger partial charge in [-0.2, -0.15) is 0 Å². The maximum atomic E-state index is 13.7. The number of carbonyl (C=O) groups is 5. The summed E-state index contributed by atoms with van der Waals surface area (Å²) in [6.07, 6.45) is -4.74. The van der Waals surface area contributed by atoms with E-state index in [9.17, 15) is 24.0 Å². The molecule has 0 aromatic rings. The summed E-state index contributed by atoms with van der Waals surface area (Å²) in [5, 5.41) is 6.01. The van der Waals surface area contributed by atoms with Crippen LogP contribution in [0.4, 0.5) is 0 Å². The lowest BCUT2D eigenvalue weighted by molar-refractivity contribution is -0.271. The van der Waals surface area contributed by atoms with Gasteiger partial charge in [0.15, 0.2) is 18.5 Å². The minimum Gasteiger partial charge on any atom is -0.463 e. The molecule has 0 bridgehead atoms. The van der Waals surface area contributed by atoms with Crippen molar-refractivity contribution in [3.63, 3.8) is 0 Å². The second kappa shape index (κ2) is 16.1. The second-order valence-corrected chi connectivity index (χ2v) is 11.8. The topological polar surface area (TPSA) is 174 Å². The van der Waals surface area contributed by atoms with Gasteiger partial charge >= 0.3 is 23.9 Å². The van der Waals surface area contributed by atoms with E-state index in [0.717, 1.165) is 20.8 Å². The maximum absolute atomic E-state index is 13.7. The van der Waals surface area contributed by atoms with Crippen LogP contribution in [0, 0.1) is 11.3 Å². The molecule has 1 amide bonds. The number of hydrogen-bond acceptors (Lipinski definition) is 13. The third kappa shape index (κ3) is 11.8. The summed E-state index contributed by atoms with van der Waals surface area (Å²) >= 11 is 0. The minimum absolute atomic E-state index is 0.0653. The number of ether oxygens (including phenoxy) is 7. The summed E-state index contributed by atoms with van der Waals surface area (Å²) in [6.45, 7) is 13.7. The van der Waals surface area contributed by atoms with Crippen LogP contribution in [0.2, 0.25) is 0 Å². The number of nitrogens with one attached hydrogen (secondary N) is 2. The summed E-state index contributed by atoms with van der Waals surface area (Å²) in [6, 6.07) is -1.97. The van der Waals surface area contributed by atoms with E-state index in [1.54, 1.807) is 0 Å². The van der Waals surface area contributed by atoms with Crippen LogP contribution in [0.15, 0.2) is 0 Å². The van der Waals surface area contributed by atoms with Crippen LogP contribution in [-0.4, -0.2) is 99.1 Å². The molecule has 0 aliphatic carbocycles. The Bertz CT molecular complexity index is 945. The monoisotopic (exact) mass is 602 g/mol. The fourth-order valence-corrected chi connectivity index (χ4v) is 4.61. The van der Waals surface area contributed by atoms with Crippen LogP contribution >= 0.6 is 0 Å². The lowest BCUT2D eigenvalue weighted by Crippen LogP contribution is -2.68. The number of hydrogen-bond donors (Lipinski definition) is 2. The molecule has 0 saturated carbocycles. The van der Waals surface area contributed by atoms with Crippen molar-refractivity contribution in [3.05, 3.63) is 0 Å². The molecule has 14 heteroatoms. The Hall–Kier alpha value is -2.81. The van der Waals surface area contributed by atoms with Crippen LogP contribution in [0.1, 0.15) is 68.2 Å². The first-order valence-electron chi connectivity index (χ1n) is 14.2. The summed E-state index contributed by atoms with van der Waals surface area (Å²) in [4.78, 5) is 61.3. The largest absolute Gasteiger partial charge is 0.463 e. The van der Waals surface area contributed by atoms with Gasteiger partial charge in [-0.3, -0.25) is 24.0 Å². The van der Waals surface area contributed by atoms with E-state index in [1.165, 1.54) is 6.92 Å². The minimum atomic E-state index is -1.46. The smallest absolute Gasteiger partial charge is 0.305 e. The van der Waals surface area contributed by atoms with Gasteiger partial charge in [0.1, 0.15) is 18.8 Å². The summed E-state index contributed by atoms with van der Waals surface area (Å²) in [5.74, 6) is -3.24. The van der Waals surface area contributed by atoms with E-state index in [2.05, 4.69) is 24.5 Å². The van der Waals surface area contributed by atoms with Gasteiger partial charge < -0.3 is 43.8 Å². The predicted octanol–water partition coefficient (Wildman–Crippen LogP) is 0.979. The Labute approximate surface area is 246 Å². The summed E-state index contributed by atoms with van der Waals surface area (Å²) < 4.78 is 38.7. The number of carbonyl (C=O) groups excluding carboxylic acids is 5. The first kappa shape index (κ1) is 35.4. The molecule has 6 atom stereocenters. The van der Waals surface area contributed by atoms with E-state index in [-0.39, 0.29) is 11.3 Å². The Kier molecular flexibility index (Phi) is 13.6. The van der Waals surface area contributed by atoms with Gasteiger partial charge in [0.05, 0.1) is 19.3 Å². The zero-order valence-electron chi connectivity index (χ0n) is 25.8. The fraction of sp³-hybridized carbons (Fsp3) is 0.821. The lowest BCUT2D eigenvalue weighted by Gasteiger charge is -2.44. The van der Waals surface area contributed by atoms with E-state index in [1.807, 2.05) is 13.8 Å². The van der Waals surface area contributed by atoms with E-state index in [4.69, 9.17) is 33.2 Å². The van der Waals surface area contributed by atoms with Gasteiger partial charge in [0.25, 0.3) is 0 Å². The van der Waals surface area contributed by atoms with E-state index < -0.39 is 79.4 Å². The average molecular weight is 603 g/mol. The third-order valence-electron chi connectivity index (χ3n) is 6.41. The van der Waals surface area contributed by atoms with Crippen LogP contribution in [-0.2, 0) is 57.1 Å². The van der Waals surface area contributed by atoms with Gasteiger partial charge in [-0.15, -0.1) is 0 Å². The standard InChI is InChI=1S/C28H46N2O12/c1-15(2)11-20(29-10-9-22-37-13-28(7,8)14-38-22)26(35)30-23-25(40-18(5)33)24(39-17(4)32)21(12-36-16(3)31)42-27(23)41-19(6)34/h15,20-25,27,29H,9-14H2,1-8H3,(H,30,35)/t20-,21?,23+,24+,25+,27?/m0/s1. The highest BCUT2D eigenvalue weighted by Gasteiger charge is 2.52.